The van der Waals surface area contributed by atoms with E-state index in [2.05, 4.69) is 9.97 Å². The number of nitrogens with zero attached hydrogens (tertiary/aromatic N) is 4. The molecule has 2 aromatic heterocycles. The molecule has 0 saturated carbocycles. The first-order valence-corrected chi connectivity index (χ1v) is 10.8. The van der Waals surface area contributed by atoms with Crippen LogP contribution in [-0.4, -0.2) is 44.5 Å². The number of halogens is 1. The molecule has 4 aromatic rings. The van der Waals surface area contributed by atoms with E-state index in [1.54, 1.807) is 29.2 Å². The second-order valence-electron chi connectivity index (χ2n) is 7.48. The lowest BCUT2D eigenvalue weighted by atomic mass is 10.1. The van der Waals surface area contributed by atoms with Crippen molar-refractivity contribution < 1.29 is 13.9 Å². The number of hydrogen-bond donors (Lipinski definition) is 0. The largest absolute Gasteiger partial charge is 0.467 e. The Morgan fingerprint density at radius 1 is 1.16 bits per heavy atom. The summed E-state index contributed by atoms with van der Waals surface area (Å²) in [4.78, 5) is 35.7. The standard InChI is InChI=1S/C22H19FN4O3S/c23-14-5-6-18-19(11-14)31-22(25-18)30-15-7-9-26(10-8-15)20(28)12-27-13-24-17-4-2-1-3-16(17)21(27)29/h1-6,11,13,15H,7-10,12H2. The monoisotopic (exact) mass is 438 g/mol. The lowest BCUT2D eigenvalue weighted by molar-refractivity contribution is -0.133. The maximum atomic E-state index is 13.4. The van der Waals surface area contributed by atoms with Crippen LogP contribution in [0.1, 0.15) is 12.8 Å². The smallest absolute Gasteiger partial charge is 0.274 e. The number of hydrogen-bond acceptors (Lipinski definition) is 6. The number of benzene rings is 2. The molecular weight excluding hydrogens is 419 g/mol. The highest BCUT2D eigenvalue weighted by Crippen LogP contribution is 2.30. The number of rotatable bonds is 4. The number of carbonyl (C=O) groups excluding carboxylic acids is 1. The Hall–Kier alpha value is -3.33. The lowest BCUT2D eigenvalue weighted by Gasteiger charge is -2.31. The molecule has 1 amide bonds. The zero-order chi connectivity index (χ0) is 21.4. The molecule has 1 saturated heterocycles. The Morgan fingerprint density at radius 2 is 1.97 bits per heavy atom. The number of aromatic nitrogens is 3. The van der Waals surface area contributed by atoms with E-state index in [1.807, 2.05) is 6.07 Å². The SMILES string of the molecule is O=C(Cn1cnc2ccccc2c1=O)N1CCC(Oc2nc3ccc(F)cc3s2)CC1. The first kappa shape index (κ1) is 19.6. The summed E-state index contributed by atoms with van der Waals surface area (Å²) in [6, 6.07) is 11.6. The molecule has 0 spiro atoms. The van der Waals surface area contributed by atoms with Gasteiger partial charge < -0.3 is 9.64 Å². The molecule has 0 radical (unpaired) electrons. The van der Waals surface area contributed by atoms with Gasteiger partial charge in [-0.3, -0.25) is 14.2 Å². The van der Waals surface area contributed by atoms with E-state index in [-0.39, 0.29) is 29.9 Å². The Kier molecular flexibility index (Phi) is 5.11. The quantitative estimate of drug-likeness (QED) is 0.489. The average Bonchev–Trinajstić information content (AvgIpc) is 3.17. The molecule has 5 rings (SSSR count). The molecule has 0 unspecified atom stereocenters. The van der Waals surface area contributed by atoms with E-state index in [4.69, 9.17) is 4.74 Å². The third-order valence-electron chi connectivity index (χ3n) is 5.43. The zero-order valence-corrected chi connectivity index (χ0v) is 17.3. The maximum absolute atomic E-state index is 13.4. The van der Waals surface area contributed by atoms with E-state index in [0.717, 1.165) is 4.70 Å². The Labute approximate surface area is 180 Å². The van der Waals surface area contributed by atoms with E-state index < -0.39 is 0 Å². The molecule has 3 heterocycles. The van der Waals surface area contributed by atoms with Crippen LogP contribution >= 0.6 is 11.3 Å². The minimum Gasteiger partial charge on any atom is -0.467 e. The van der Waals surface area contributed by atoms with Crippen molar-refractivity contribution in [2.24, 2.45) is 0 Å². The minimum atomic E-state index is -0.296. The van der Waals surface area contributed by atoms with Gasteiger partial charge in [-0.05, 0) is 30.3 Å². The molecule has 1 aliphatic heterocycles. The van der Waals surface area contributed by atoms with Gasteiger partial charge in [-0.15, -0.1) is 0 Å². The lowest BCUT2D eigenvalue weighted by Crippen LogP contribution is -2.44. The molecule has 1 fully saturated rings. The second-order valence-corrected chi connectivity index (χ2v) is 8.48. The van der Waals surface area contributed by atoms with E-state index in [0.29, 0.717) is 47.5 Å². The molecule has 0 bridgehead atoms. The predicted octanol–water partition coefficient (Wildman–Crippen LogP) is 3.22. The van der Waals surface area contributed by atoms with Gasteiger partial charge in [-0.2, -0.15) is 0 Å². The summed E-state index contributed by atoms with van der Waals surface area (Å²) in [7, 11) is 0. The summed E-state index contributed by atoms with van der Waals surface area (Å²) in [6.07, 6.45) is 2.70. The summed E-state index contributed by atoms with van der Waals surface area (Å²) in [6.45, 7) is 1.04. The molecule has 0 aliphatic carbocycles. The summed E-state index contributed by atoms with van der Waals surface area (Å²) in [5, 5.41) is 1.01. The van der Waals surface area contributed by atoms with Crippen molar-refractivity contribution in [3.05, 3.63) is 65.0 Å². The highest BCUT2D eigenvalue weighted by Gasteiger charge is 2.25. The van der Waals surface area contributed by atoms with Crippen LogP contribution in [0.3, 0.4) is 0 Å². The van der Waals surface area contributed by atoms with Gasteiger partial charge in [0.05, 0.1) is 27.4 Å². The Balaban J connectivity index is 1.20. The maximum Gasteiger partial charge on any atom is 0.274 e. The number of fused-ring (bicyclic) bond motifs is 2. The minimum absolute atomic E-state index is 0.0361. The van der Waals surface area contributed by atoms with Gasteiger partial charge in [-0.25, -0.2) is 14.4 Å². The van der Waals surface area contributed by atoms with Crippen LogP contribution in [0, 0.1) is 5.82 Å². The van der Waals surface area contributed by atoms with Gasteiger partial charge in [0, 0.05) is 25.9 Å². The molecular formula is C22H19FN4O3S. The van der Waals surface area contributed by atoms with Crippen LogP contribution in [0.15, 0.2) is 53.6 Å². The van der Waals surface area contributed by atoms with Gasteiger partial charge in [0.2, 0.25) is 5.91 Å². The molecule has 0 N–H and O–H groups in total. The Bertz CT molecular complexity index is 1330. The average molecular weight is 438 g/mol. The molecule has 9 heteroatoms. The number of ether oxygens (including phenoxy) is 1. The molecule has 158 valence electrons. The number of amides is 1. The van der Waals surface area contributed by atoms with Crippen LogP contribution in [0.4, 0.5) is 4.39 Å². The molecule has 31 heavy (non-hydrogen) atoms. The van der Waals surface area contributed by atoms with Gasteiger partial charge in [-0.1, -0.05) is 23.5 Å². The van der Waals surface area contributed by atoms with E-state index in [1.165, 1.54) is 34.4 Å². The summed E-state index contributed by atoms with van der Waals surface area (Å²) in [5.74, 6) is -0.414. The zero-order valence-electron chi connectivity index (χ0n) is 16.5. The summed E-state index contributed by atoms with van der Waals surface area (Å²) in [5.41, 5.74) is 1.11. The van der Waals surface area contributed by atoms with Crippen LogP contribution in [0.5, 0.6) is 5.19 Å². The van der Waals surface area contributed by atoms with Crippen molar-refractivity contribution in [3.8, 4) is 5.19 Å². The van der Waals surface area contributed by atoms with Crippen molar-refractivity contribution in [1.29, 1.82) is 0 Å². The van der Waals surface area contributed by atoms with Crippen molar-refractivity contribution in [2.75, 3.05) is 13.1 Å². The third kappa shape index (κ3) is 4.00. The number of carbonyl (C=O) groups is 1. The number of piperidine rings is 1. The summed E-state index contributed by atoms with van der Waals surface area (Å²) >= 11 is 1.32. The van der Waals surface area contributed by atoms with Crippen LogP contribution in [-0.2, 0) is 11.3 Å². The van der Waals surface area contributed by atoms with Crippen molar-refractivity contribution in [3.63, 3.8) is 0 Å². The number of likely N-dealkylation sites (tertiary alicyclic amines) is 1. The second kappa shape index (κ2) is 8.07. The van der Waals surface area contributed by atoms with E-state index >= 15 is 0 Å². The predicted molar refractivity (Wildman–Crippen MR) is 116 cm³/mol. The van der Waals surface area contributed by atoms with Crippen LogP contribution in [0.25, 0.3) is 21.1 Å². The van der Waals surface area contributed by atoms with Crippen molar-refractivity contribution in [2.45, 2.75) is 25.5 Å². The van der Waals surface area contributed by atoms with Gasteiger partial charge in [0.15, 0.2) is 0 Å². The normalized spacial score (nSPS) is 14.9. The first-order valence-electron chi connectivity index (χ1n) is 10.0. The molecule has 0 atom stereocenters. The fraction of sp³-hybridized carbons (Fsp3) is 0.273. The van der Waals surface area contributed by atoms with Gasteiger partial charge in [0.1, 0.15) is 18.5 Å². The fourth-order valence-corrected chi connectivity index (χ4v) is 4.66. The van der Waals surface area contributed by atoms with Crippen LogP contribution in [0.2, 0.25) is 0 Å². The van der Waals surface area contributed by atoms with Crippen molar-refractivity contribution >= 4 is 38.4 Å². The Morgan fingerprint density at radius 3 is 2.81 bits per heavy atom. The number of para-hydroxylation sites is 1. The fourth-order valence-electron chi connectivity index (χ4n) is 3.76. The molecule has 7 nitrogen and oxygen atoms in total. The van der Waals surface area contributed by atoms with Crippen molar-refractivity contribution in [1.82, 2.24) is 19.4 Å². The molecule has 2 aromatic carbocycles. The highest BCUT2D eigenvalue weighted by atomic mass is 32.1. The number of thiazole rings is 1. The van der Waals surface area contributed by atoms with E-state index in [9.17, 15) is 14.0 Å². The first-order chi connectivity index (χ1) is 15.1. The summed E-state index contributed by atoms with van der Waals surface area (Å²) < 4.78 is 21.4. The van der Waals surface area contributed by atoms with Crippen LogP contribution < -0.4 is 10.3 Å². The van der Waals surface area contributed by atoms with Gasteiger partial charge >= 0.3 is 0 Å². The highest BCUT2D eigenvalue weighted by molar-refractivity contribution is 7.20. The van der Waals surface area contributed by atoms with Gasteiger partial charge in [0.25, 0.3) is 10.8 Å². The topological polar surface area (TPSA) is 77.3 Å². The molecule has 1 aliphatic rings. The third-order valence-corrected chi connectivity index (χ3v) is 6.34.